The third-order valence-corrected chi connectivity index (χ3v) is 4.39. The van der Waals surface area contributed by atoms with Crippen molar-refractivity contribution in [2.24, 2.45) is 0 Å². The molecule has 2 N–H and O–H groups in total. The number of hydrogen-bond donors (Lipinski definition) is 1. The van der Waals surface area contributed by atoms with Crippen LogP contribution < -0.4 is 5.73 Å². The van der Waals surface area contributed by atoms with Crippen molar-refractivity contribution in [3.05, 3.63) is 59.2 Å². The third kappa shape index (κ3) is 3.26. The molecule has 0 spiro atoms. The first-order valence-electron chi connectivity index (χ1n) is 6.28. The number of hydrogen-bond acceptors (Lipinski definition) is 4. The zero-order valence-electron chi connectivity index (χ0n) is 11.0. The van der Waals surface area contributed by atoms with Gasteiger partial charge in [-0.05, 0) is 16.8 Å². The normalized spacial score (nSPS) is 12.5. The van der Waals surface area contributed by atoms with Gasteiger partial charge in [0.05, 0.1) is 0 Å². The second-order valence-electron chi connectivity index (χ2n) is 4.57. The Morgan fingerprint density at radius 3 is 2.57 bits per heavy atom. The maximum Gasteiger partial charge on any atom is 0.346 e. The van der Waals surface area contributed by atoms with Crippen molar-refractivity contribution < 1.29 is 4.55 Å². The van der Waals surface area contributed by atoms with E-state index in [2.05, 4.69) is 9.97 Å². The quantitative estimate of drug-likeness (QED) is 0.457. The summed E-state index contributed by atoms with van der Waals surface area (Å²) in [5, 5.41) is 2.62. The van der Waals surface area contributed by atoms with Crippen molar-refractivity contribution in [3.63, 3.8) is 0 Å². The van der Waals surface area contributed by atoms with Gasteiger partial charge in [0.1, 0.15) is 16.7 Å². The average Bonchev–Trinajstić information content (AvgIpc) is 2.46. The molecule has 0 radical (unpaired) electrons. The first-order valence-corrected chi connectivity index (χ1v) is 7.97. The minimum absolute atomic E-state index is 0.160. The summed E-state index contributed by atoms with van der Waals surface area (Å²) in [4.78, 5) is 7.94. The average molecular weight is 318 g/mol. The van der Waals surface area contributed by atoms with Crippen LogP contribution in [0, 0.1) is 0 Å². The van der Waals surface area contributed by atoms with Crippen molar-refractivity contribution >= 4 is 39.4 Å². The molecule has 21 heavy (non-hydrogen) atoms. The van der Waals surface area contributed by atoms with Gasteiger partial charge in [0.15, 0.2) is 0 Å². The van der Waals surface area contributed by atoms with Crippen molar-refractivity contribution in [3.8, 4) is 0 Å². The van der Waals surface area contributed by atoms with Gasteiger partial charge in [0.25, 0.3) is 0 Å². The fourth-order valence-electron chi connectivity index (χ4n) is 2.06. The topological polar surface area (TPSA) is 74.9 Å². The monoisotopic (exact) mass is 317 g/mol. The van der Waals surface area contributed by atoms with E-state index in [-0.39, 0.29) is 16.1 Å². The fraction of sp³-hybridized carbons (Fsp3) is 0.0667. The second kappa shape index (κ2) is 5.89. The van der Waals surface area contributed by atoms with Gasteiger partial charge in [0.2, 0.25) is 0 Å². The zero-order valence-corrected chi connectivity index (χ0v) is 12.6. The van der Waals surface area contributed by atoms with E-state index in [0.717, 1.165) is 16.3 Å². The Kier molecular flexibility index (Phi) is 3.96. The summed E-state index contributed by atoms with van der Waals surface area (Å²) < 4.78 is 12.3. The molecule has 0 saturated heterocycles. The SMILES string of the molecule is Nc1cc(Cl)nc([S+]([O-])Cc2ccc3ccccc3c2)n1. The molecular weight excluding hydrogens is 306 g/mol. The van der Waals surface area contributed by atoms with E-state index >= 15 is 0 Å². The maximum absolute atomic E-state index is 12.3. The molecule has 0 fully saturated rings. The molecule has 0 saturated carbocycles. The molecular formula is C15H12ClN3OS. The standard InChI is InChI=1S/C15H12ClN3OS/c16-13-8-14(17)19-15(18-13)21(20)9-10-5-6-11-3-1-2-4-12(11)7-10/h1-8H,9H2,(H2,17,18,19). The summed E-state index contributed by atoms with van der Waals surface area (Å²) in [5.74, 6) is 0.543. The number of halogens is 1. The van der Waals surface area contributed by atoms with Crippen molar-refractivity contribution in [2.75, 3.05) is 5.73 Å². The molecule has 0 aliphatic heterocycles. The summed E-state index contributed by atoms with van der Waals surface area (Å²) >= 11 is 4.43. The van der Waals surface area contributed by atoms with E-state index < -0.39 is 11.2 Å². The van der Waals surface area contributed by atoms with Crippen molar-refractivity contribution in [1.82, 2.24) is 9.97 Å². The van der Waals surface area contributed by atoms with Crippen LogP contribution in [0.2, 0.25) is 5.15 Å². The highest BCUT2D eigenvalue weighted by Gasteiger charge is 2.17. The number of rotatable bonds is 3. The molecule has 0 aliphatic carbocycles. The Morgan fingerprint density at radius 1 is 1.05 bits per heavy atom. The van der Waals surface area contributed by atoms with E-state index in [4.69, 9.17) is 17.3 Å². The molecule has 3 rings (SSSR count). The Balaban J connectivity index is 1.86. The molecule has 1 aromatic heterocycles. The molecule has 106 valence electrons. The van der Waals surface area contributed by atoms with Crippen LogP contribution in [0.3, 0.4) is 0 Å². The van der Waals surface area contributed by atoms with Gasteiger partial charge >= 0.3 is 5.16 Å². The number of anilines is 1. The lowest BCUT2D eigenvalue weighted by Crippen LogP contribution is -2.11. The Labute approximate surface area is 130 Å². The molecule has 4 nitrogen and oxygen atoms in total. The van der Waals surface area contributed by atoms with Gasteiger partial charge in [-0.25, -0.2) is 0 Å². The highest BCUT2D eigenvalue weighted by Crippen LogP contribution is 2.20. The first kappa shape index (κ1) is 14.1. The van der Waals surface area contributed by atoms with Gasteiger partial charge in [0, 0.05) is 22.8 Å². The third-order valence-electron chi connectivity index (χ3n) is 3.01. The van der Waals surface area contributed by atoms with Gasteiger partial charge in [-0.2, -0.15) is 9.97 Å². The molecule has 1 unspecified atom stereocenters. The van der Waals surface area contributed by atoms with Gasteiger partial charge in [-0.15, -0.1) is 0 Å². The number of nitrogen functional groups attached to an aromatic ring is 1. The van der Waals surface area contributed by atoms with Gasteiger partial charge in [-0.3, -0.25) is 0 Å². The highest BCUT2D eigenvalue weighted by atomic mass is 35.5. The van der Waals surface area contributed by atoms with E-state index in [1.165, 1.54) is 6.07 Å². The molecule has 2 aromatic carbocycles. The van der Waals surface area contributed by atoms with Crippen LogP contribution in [0.4, 0.5) is 5.82 Å². The van der Waals surface area contributed by atoms with Gasteiger partial charge in [-0.1, -0.05) is 48.0 Å². The molecule has 0 aliphatic rings. The molecule has 6 heteroatoms. The lowest BCUT2D eigenvalue weighted by molar-refractivity contribution is 0.585. The Morgan fingerprint density at radius 2 is 1.81 bits per heavy atom. The summed E-state index contributed by atoms with van der Waals surface area (Å²) in [6.07, 6.45) is 0. The molecule has 0 amide bonds. The van der Waals surface area contributed by atoms with Crippen molar-refractivity contribution in [2.45, 2.75) is 10.9 Å². The zero-order chi connectivity index (χ0) is 14.8. The minimum atomic E-state index is -1.38. The highest BCUT2D eigenvalue weighted by molar-refractivity contribution is 7.90. The number of nitrogens with two attached hydrogens (primary N) is 1. The predicted molar refractivity (Wildman–Crippen MR) is 85.5 cm³/mol. The molecule has 3 aromatic rings. The molecule has 1 atom stereocenters. The Hall–Kier alpha value is -1.82. The van der Waals surface area contributed by atoms with Crippen LogP contribution in [0.25, 0.3) is 10.8 Å². The predicted octanol–water partition coefficient (Wildman–Crippen LogP) is 3.17. The summed E-state index contributed by atoms with van der Waals surface area (Å²) in [6.45, 7) is 0. The van der Waals surface area contributed by atoms with Gasteiger partial charge < -0.3 is 10.3 Å². The largest absolute Gasteiger partial charge is 0.609 e. The van der Waals surface area contributed by atoms with E-state index in [9.17, 15) is 4.55 Å². The molecule has 0 bridgehead atoms. The van der Waals surface area contributed by atoms with E-state index in [0.29, 0.717) is 5.75 Å². The summed E-state index contributed by atoms with van der Waals surface area (Å²) in [5.41, 5.74) is 6.55. The summed E-state index contributed by atoms with van der Waals surface area (Å²) in [6, 6.07) is 15.4. The lowest BCUT2D eigenvalue weighted by atomic mass is 10.1. The maximum atomic E-state index is 12.3. The summed E-state index contributed by atoms with van der Waals surface area (Å²) in [7, 11) is 0. The van der Waals surface area contributed by atoms with Crippen LogP contribution in [0.5, 0.6) is 0 Å². The second-order valence-corrected chi connectivity index (χ2v) is 6.30. The van der Waals surface area contributed by atoms with Crippen LogP contribution in [-0.2, 0) is 16.9 Å². The van der Waals surface area contributed by atoms with E-state index in [1.807, 2.05) is 42.5 Å². The first-order chi connectivity index (χ1) is 10.1. The van der Waals surface area contributed by atoms with Crippen molar-refractivity contribution in [1.29, 1.82) is 0 Å². The smallest absolute Gasteiger partial charge is 0.346 e. The van der Waals surface area contributed by atoms with Crippen LogP contribution >= 0.6 is 11.6 Å². The Bertz CT molecular complexity index is 776. The number of benzene rings is 2. The van der Waals surface area contributed by atoms with Crippen LogP contribution in [0.15, 0.2) is 53.7 Å². The fourth-order valence-corrected chi connectivity index (χ4v) is 3.32. The van der Waals surface area contributed by atoms with Crippen LogP contribution in [-0.4, -0.2) is 14.5 Å². The number of aromatic nitrogens is 2. The van der Waals surface area contributed by atoms with Crippen LogP contribution in [0.1, 0.15) is 5.56 Å². The minimum Gasteiger partial charge on any atom is -0.609 e. The number of nitrogens with zero attached hydrogens (tertiary/aromatic N) is 2. The van der Waals surface area contributed by atoms with E-state index in [1.54, 1.807) is 0 Å². The number of fused-ring (bicyclic) bond motifs is 1. The molecule has 1 heterocycles. The lowest BCUT2D eigenvalue weighted by Gasteiger charge is -2.09.